The van der Waals surface area contributed by atoms with Crippen molar-refractivity contribution < 1.29 is 9.53 Å². The van der Waals surface area contributed by atoms with Crippen LogP contribution in [0.3, 0.4) is 0 Å². The van der Waals surface area contributed by atoms with E-state index in [0.717, 1.165) is 16.3 Å². The van der Waals surface area contributed by atoms with Crippen molar-refractivity contribution in [2.24, 2.45) is 0 Å². The van der Waals surface area contributed by atoms with Crippen molar-refractivity contribution in [1.29, 1.82) is 0 Å². The summed E-state index contributed by atoms with van der Waals surface area (Å²) in [5.74, 6) is 1.14. The number of ether oxygens (including phenoxy) is 1. The molecule has 0 atom stereocenters. The van der Waals surface area contributed by atoms with Gasteiger partial charge in [0.25, 0.3) is 0 Å². The van der Waals surface area contributed by atoms with Crippen LogP contribution in [0.5, 0.6) is 5.75 Å². The Kier molecular flexibility index (Phi) is 6.17. The van der Waals surface area contributed by atoms with Crippen LogP contribution in [0.15, 0.2) is 30.3 Å². The summed E-state index contributed by atoms with van der Waals surface area (Å²) in [5.41, 5.74) is 0.943. The van der Waals surface area contributed by atoms with Crippen LogP contribution in [0.25, 0.3) is 6.08 Å². The van der Waals surface area contributed by atoms with Crippen LogP contribution >= 0.6 is 11.3 Å². The second-order valence-corrected chi connectivity index (χ2v) is 7.11. The lowest BCUT2D eigenvalue weighted by molar-refractivity contribution is -0.111. The van der Waals surface area contributed by atoms with E-state index in [0.29, 0.717) is 17.7 Å². The molecule has 5 nitrogen and oxygen atoms in total. The third-order valence-electron chi connectivity index (χ3n) is 4.24. The standard InChI is InChI=1S/C19H23N3O2S/c1-2-24-16-11-8-14(9-12-16)10-13-17(23)20-19-22-21-18(25-19)15-6-4-3-5-7-15/h8-13,15H,2-7H2,1H3,(H,20,22,23)/b13-10+. The molecule has 0 aliphatic heterocycles. The first-order valence-corrected chi connectivity index (χ1v) is 9.61. The number of amides is 1. The molecular formula is C19H23N3O2S. The van der Waals surface area contributed by atoms with Gasteiger partial charge < -0.3 is 4.74 Å². The van der Waals surface area contributed by atoms with Crippen LogP contribution in [0.2, 0.25) is 0 Å². The fourth-order valence-corrected chi connectivity index (χ4v) is 3.88. The number of nitrogens with zero attached hydrogens (tertiary/aromatic N) is 2. The van der Waals surface area contributed by atoms with Gasteiger partial charge in [-0.05, 0) is 43.5 Å². The summed E-state index contributed by atoms with van der Waals surface area (Å²) in [7, 11) is 0. The highest BCUT2D eigenvalue weighted by molar-refractivity contribution is 7.15. The average molecular weight is 357 g/mol. The lowest BCUT2D eigenvalue weighted by Crippen LogP contribution is -2.07. The summed E-state index contributed by atoms with van der Waals surface area (Å²) < 4.78 is 5.40. The van der Waals surface area contributed by atoms with Gasteiger partial charge in [-0.15, -0.1) is 10.2 Å². The summed E-state index contributed by atoms with van der Waals surface area (Å²) in [5, 5.41) is 12.8. The van der Waals surface area contributed by atoms with Crippen LogP contribution < -0.4 is 10.1 Å². The largest absolute Gasteiger partial charge is 0.494 e. The van der Waals surface area contributed by atoms with Crippen LogP contribution in [0.4, 0.5) is 5.13 Å². The van der Waals surface area contributed by atoms with Gasteiger partial charge in [0.1, 0.15) is 10.8 Å². The molecule has 3 rings (SSSR count). The summed E-state index contributed by atoms with van der Waals surface area (Å²) in [6, 6.07) is 7.62. The van der Waals surface area contributed by atoms with Gasteiger partial charge in [-0.25, -0.2) is 0 Å². The second-order valence-electron chi connectivity index (χ2n) is 6.11. The zero-order valence-corrected chi connectivity index (χ0v) is 15.2. The number of carbonyl (C=O) groups excluding carboxylic acids is 1. The number of benzene rings is 1. The Labute approximate surface area is 152 Å². The van der Waals surface area contributed by atoms with Gasteiger partial charge in [0.15, 0.2) is 0 Å². The number of carbonyl (C=O) groups is 1. The maximum absolute atomic E-state index is 12.1. The van der Waals surface area contributed by atoms with E-state index in [1.54, 1.807) is 6.08 Å². The molecule has 1 N–H and O–H groups in total. The number of anilines is 1. The molecule has 0 spiro atoms. The molecule has 1 amide bonds. The van der Waals surface area contributed by atoms with E-state index in [1.807, 2.05) is 31.2 Å². The van der Waals surface area contributed by atoms with Crippen molar-refractivity contribution in [3.05, 3.63) is 40.9 Å². The predicted molar refractivity (Wildman–Crippen MR) is 101 cm³/mol. The molecule has 1 aliphatic rings. The fraction of sp³-hybridized carbons (Fsp3) is 0.421. The van der Waals surface area contributed by atoms with E-state index in [2.05, 4.69) is 15.5 Å². The SMILES string of the molecule is CCOc1ccc(/C=C/C(=O)Nc2nnc(C3CCCCC3)s2)cc1. The molecule has 2 aromatic rings. The molecule has 0 radical (unpaired) electrons. The first-order valence-electron chi connectivity index (χ1n) is 8.80. The smallest absolute Gasteiger partial charge is 0.250 e. The molecule has 1 aliphatic carbocycles. The Balaban J connectivity index is 1.54. The van der Waals surface area contributed by atoms with E-state index >= 15 is 0 Å². The van der Waals surface area contributed by atoms with E-state index in [1.165, 1.54) is 49.5 Å². The van der Waals surface area contributed by atoms with E-state index in [4.69, 9.17) is 4.74 Å². The fourth-order valence-electron chi connectivity index (χ4n) is 2.96. The van der Waals surface area contributed by atoms with Gasteiger partial charge in [-0.3, -0.25) is 10.1 Å². The Morgan fingerprint density at radius 2 is 2.00 bits per heavy atom. The number of rotatable bonds is 6. The molecule has 0 unspecified atom stereocenters. The molecule has 1 aromatic carbocycles. The first kappa shape index (κ1) is 17.6. The topological polar surface area (TPSA) is 64.1 Å². The minimum Gasteiger partial charge on any atom is -0.494 e. The minimum absolute atomic E-state index is 0.194. The molecule has 25 heavy (non-hydrogen) atoms. The summed E-state index contributed by atoms with van der Waals surface area (Å²) in [6.45, 7) is 2.59. The van der Waals surface area contributed by atoms with Crippen molar-refractivity contribution in [2.45, 2.75) is 44.9 Å². The third kappa shape index (κ3) is 5.13. The van der Waals surface area contributed by atoms with Gasteiger partial charge in [0, 0.05) is 12.0 Å². The molecule has 132 valence electrons. The van der Waals surface area contributed by atoms with Gasteiger partial charge >= 0.3 is 0 Å². The van der Waals surface area contributed by atoms with Crippen LogP contribution in [-0.2, 0) is 4.79 Å². The van der Waals surface area contributed by atoms with E-state index < -0.39 is 0 Å². The molecule has 0 saturated heterocycles. The van der Waals surface area contributed by atoms with Crippen LogP contribution in [0.1, 0.15) is 55.5 Å². The molecule has 1 saturated carbocycles. The Morgan fingerprint density at radius 1 is 1.24 bits per heavy atom. The normalized spacial score (nSPS) is 15.4. The molecule has 1 fully saturated rings. The molecule has 6 heteroatoms. The highest BCUT2D eigenvalue weighted by Crippen LogP contribution is 2.35. The predicted octanol–water partition coefficient (Wildman–Crippen LogP) is 4.64. The van der Waals surface area contributed by atoms with Crippen LogP contribution in [0, 0.1) is 0 Å². The Bertz CT molecular complexity index is 719. The van der Waals surface area contributed by atoms with Gasteiger partial charge in [-0.1, -0.05) is 42.7 Å². The van der Waals surface area contributed by atoms with Crippen molar-refractivity contribution >= 4 is 28.5 Å². The van der Waals surface area contributed by atoms with Crippen molar-refractivity contribution in [3.8, 4) is 5.75 Å². The third-order valence-corrected chi connectivity index (χ3v) is 5.24. The number of nitrogens with one attached hydrogen (secondary N) is 1. The lowest BCUT2D eigenvalue weighted by atomic mass is 9.90. The monoisotopic (exact) mass is 357 g/mol. The number of aromatic nitrogens is 2. The highest BCUT2D eigenvalue weighted by Gasteiger charge is 2.19. The lowest BCUT2D eigenvalue weighted by Gasteiger charge is -2.18. The summed E-state index contributed by atoms with van der Waals surface area (Å²) >= 11 is 1.49. The maximum atomic E-state index is 12.1. The average Bonchev–Trinajstić information content (AvgIpc) is 3.11. The van der Waals surface area contributed by atoms with Crippen molar-refractivity contribution in [3.63, 3.8) is 0 Å². The number of hydrogen-bond donors (Lipinski definition) is 1. The van der Waals surface area contributed by atoms with E-state index in [-0.39, 0.29) is 5.91 Å². The van der Waals surface area contributed by atoms with E-state index in [9.17, 15) is 4.79 Å². The minimum atomic E-state index is -0.194. The Hall–Kier alpha value is -2.21. The quantitative estimate of drug-likeness (QED) is 0.765. The van der Waals surface area contributed by atoms with Gasteiger partial charge in [0.2, 0.25) is 11.0 Å². The molecule has 1 aromatic heterocycles. The summed E-state index contributed by atoms with van der Waals surface area (Å²) in [4.78, 5) is 12.1. The zero-order chi connectivity index (χ0) is 17.5. The van der Waals surface area contributed by atoms with Crippen LogP contribution in [-0.4, -0.2) is 22.7 Å². The van der Waals surface area contributed by atoms with Gasteiger partial charge in [-0.2, -0.15) is 0 Å². The van der Waals surface area contributed by atoms with Crippen molar-refractivity contribution in [1.82, 2.24) is 10.2 Å². The zero-order valence-electron chi connectivity index (χ0n) is 14.4. The molecular weight excluding hydrogens is 334 g/mol. The molecule has 1 heterocycles. The molecule has 0 bridgehead atoms. The highest BCUT2D eigenvalue weighted by atomic mass is 32.1. The van der Waals surface area contributed by atoms with Gasteiger partial charge in [0.05, 0.1) is 6.61 Å². The maximum Gasteiger partial charge on any atom is 0.250 e. The Morgan fingerprint density at radius 3 is 2.72 bits per heavy atom. The second kappa shape index (κ2) is 8.76. The number of hydrogen-bond acceptors (Lipinski definition) is 5. The summed E-state index contributed by atoms with van der Waals surface area (Å²) in [6.07, 6.45) is 9.48. The van der Waals surface area contributed by atoms with Crippen molar-refractivity contribution in [2.75, 3.05) is 11.9 Å². The first-order chi connectivity index (χ1) is 12.2.